The topological polar surface area (TPSA) is 87.7 Å². The summed E-state index contributed by atoms with van der Waals surface area (Å²) in [7, 11) is 0. The lowest BCUT2D eigenvalue weighted by Crippen LogP contribution is -2.54. The number of amides is 3. The molecule has 2 heterocycles. The molecule has 3 amide bonds. The molecular weight excluding hydrogens is 354 g/mol. The van der Waals surface area contributed by atoms with Crippen LogP contribution in [0.2, 0.25) is 0 Å². The number of carbonyl (C=O) groups excluding carboxylic acids is 3. The van der Waals surface area contributed by atoms with Crippen molar-refractivity contribution < 1.29 is 19.1 Å². The summed E-state index contributed by atoms with van der Waals surface area (Å²) in [5, 5.41) is 0. The Bertz CT molecular complexity index is 734. The first-order chi connectivity index (χ1) is 12.3. The average Bonchev–Trinajstić information content (AvgIpc) is 3.08. The highest BCUT2D eigenvalue weighted by molar-refractivity contribution is 8.01. The summed E-state index contributed by atoms with van der Waals surface area (Å²) < 4.78 is 5.56. The first kappa shape index (κ1) is 18.6. The third kappa shape index (κ3) is 3.51. The van der Waals surface area contributed by atoms with Gasteiger partial charge in [-0.3, -0.25) is 25.2 Å². The molecular formula is C18H23N3O4S. The number of aryl methyl sites for hydroxylation is 2. The van der Waals surface area contributed by atoms with Crippen LogP contribution in [0, 0.1) is 13.8 Å². The van der Waals surface area contributed by atoms with E-state index in [0.29, 0.717) is 17.9 Å². The fourth-order valence-corrected chi connectivity index (χ4v) is 4.86. The normalized spacial score (nSPS) is 24.3. The molecule has 2 atom stereocenters. The molecule has 1 aromatic rings. The van der Waals surface area contributed by atoms with E-state index >= 15 is 0 Å². The summed E-state index contributed by atoms with van der Waals surface area (Å²) in [5.41, 5.74) is 6.66. The maximum absolute atomic E-state index is 12.4. The number of hydrogen-bond donors (Lipinski definition) is 2. The van der Waals surface area contributed by atoms with Gasteiger partial charge in [-0.05, 0) is 38.3 Å². The molecule has 2 fully saturated rings. The van der Waals surface area contributed by atoms with Crippen LogP contribution in [0.3, 0.4) is 0 Å². The van der Waals surface area contributed by atoms with E-state index in [-0.39, 0.29) is 23.3 Å². The van der Waals surface area contributed by atoms with Crippen LogP contribution in [0.1, 0.15) is 30.9 Å². The van der Waals surface area contributed by atoms with Crippen LogP contribution in [0.4, 0.5) is 0 Å². The maximum Gasteiger partial charge on any atom is 0.276 e. The van der Waals surface area contributed by atoms with Gasteiger partial charge in [-0.25, -0.2) is 0 Å². The van der Waals surface area contributed by atoms with Gasteiger partial charge in [0.05, 0.1) is 4.87 Å². The number of rotatable bonds is 4. The van der Waals surface area contributed by atoms with Crippen LogP contribution in [-0.4, -0.2) is 45.9 Å². The summed E-state index contributed by atoms with van der Waals surface area (Å²) in [4.78, 5) is 37.8. The number of hydrazine groups is 1. The van der Waals surface area contributed by atoms with Crippen molar-refractivity contribution in [2.45, 2.75) is 44.5 Å². The second-order valence-corrected chi connectivity index (χ2v) is 8.31. The number of ether oxygens (including phenoxy) is 1. The third-order valence-corrected chi connectivity index (χ3v) is 6.33. The fourth-order valence-electron chi connectivity index (χ4n) is 3.43. The van der Waals surface area contributed by atoms with E-state index in [2.05, 4.69) is 10.9 Å². The number of hydrogen-bond acceptors (Lipinski definition) is 5. The molecule has 1 aromatic carbocycles. The lowest BCUT2D eigenvalue weighted by molar-refractivity contribution is -0.139. The number of carbonyl (C=O) groups is 3. The molecule has 140 valence electrons. The lowest BCUT2D eigenvalue weighted by atomic mass is 10.1. The molecule has 2 aliphatic rings. The van der Waals surface area contributed by atoms with Crippen LogP contribution in [0.5, 0.6) is 5.75 Å². The summed E-state index contributed by atoms with van der Waals surface area (Å²) in [6, 6.07) is 5.18. The van der Waals surface area contributed by atoms with Crippen LogP contribution in [0.25, 0.3) is 0 Å². The van der Waals surface area contributed by atoms with Crippen molar-refractivity contribution in [3.63, 3.8) is 0 Å². The predicted molar refractivity (Wildman–Crippen MR) is 98.4 cm³/mol. The van der Waals surface area contributed by atoms with Gasteiger partial charge < -0.3 is 9.64 Å². The molecule has 2 N–H and O–H groups in total. The van der Waals surface area contributed by atoms with Gasteiger partial charge in [0.1, 0.15) is 11.8 Å². The zero-order valence-electron chi connectivity index (χ0n) is 15.1. The number of thioether (sulfide) groups is 1. The Hall–Kier alpha value is -2.22. The van der Waals surface area contributed by atoms with E-state index in [0.717, 1.165) is 17.5 Å². The molecule has 0 spiro atoms. The quantitative estimate of drug-likeness (QED) is 0.772. The standard InChI is InChI=1S/C18H23N3O4S/c1-11-5-4-6-12(2)16(11)25-9-14(22)19-20-17(24)13-10-26-18(3)8-7-15(23)21(13)18/h4-6,13H,7-10H2,1-3H3,(H,19,22)(H,20,24)/t13-,18+/m1/s1. The Morgan fingerprint density at radius 3 is 2.69 bits per heavy atom. The van der Waals surface area contributed by atoms with Gasteiger partial charge in [0.25, 0.3) is 11.8 Å². The molecule has 2 aliphatic heterocycles. The van der Waals surface area contributed by atoms with Crippen molar-refractivity contribution in [1.82, 2.24) is 15.8 Å². The SMILES string of the molecule is Cc1cccc(C)c1OCC(=O)NNC(=O)[C@H]1CS[C@@]2(C)CCC(=O)N12. The van der Waals surface area contributed by atoms with Crippen molar-refractivity contribution in [3.05, 3.63) is 29.3 Å². The Balaban J connectivity index is 1.50. The summed E-state index contributed by atoms with van der Waals surface area (Å²) in [6.07, 6.45) is 1.21. The van der Waals surface area contributed by atoms with Crippen LogP contribution < -0.4 is 15.6 Å². The molecule has 26 heavy (non-hydrogen) atoms. The van der Waals surface area contributed by atoms with Crippen molar-refractivity contribution in [2.24, 2.45) is 0 Å². The smallest absolute Gasteiger partial charge is 0.276 e. The molecule has 2 saturated heterocycles. The number of benzene rings is 1. The maximum atomic E-state index is 12.4. The number of fused-ring (bicyclic) bond motifs is 1. The van der Waals surface area contributed by atoms with Crippen LogP contribution in [0.15, 0.2) is 18.2 Å². The highest BCUT2D eigenvalue weighted by Crippen LogP contribution is 2.47. The van der Waals surface area contributed by atoms with E-state index in [1.807, 2.05) is 39.0 Å². The van der Waals surface area contributed by atoms with E-state index in [1.54, 1.807) is 16.7 Å². The Labute approximate surface area is 156 Å². The lowest BCUT2D eigenvalue weighted by Gasteiger charge is -2.29. The van der Waals surface area contributed by atoms with E-state index < -0.39 is 11.9 Å². The van der Waals surface area contributed by atoms with E-state index in [1.165, 1.54) is 0 Å². The van der Waals surface area contributed by atoms with Gasteiger partial charge in [0.2, 0.25) is 5.91 Å². The predicted octanol–water partition coefficient (Wildman–Crippen LogP) is 1.28. The van der Waals surface area contributed by atoms with Crippen molar-refractivity contribution in [3.8, 4) is 5.75 Å². The monoisotopic (exact) mass is 377 g/mol. The first-order valence-electron chi connectivity index (χ1n) is 8.55. The summed E-state index contributed by atoms with van der Waals surface area (Å²) >= 11 is 1.61. The minimum absolute atomic E-state index is 0.0117. The minimum Gasteiger partial charge on any atom is -0.483 e. The van der Waals surface area contributed by atoms with Gasteiger partial charge in [0, 0.05) is 12.2 Å². The molecule has 0 aromatic heterocycles. The molecule has 3 rings (SSSR count). The number of nitrogens with zero attached hydrogens (tertiary/aromatic N) is 1. The highest BCUT2D eigenvalue weighted by atomic mass is 32.2. The van der Waals surface area contributed by atoms with E-state index in [9.17, 15) is 14.4 Å². The average molecular weight is 377 g/mol. The second-order valence-electron chi connectivity index (χ2n) is 6.81. The van der Waals surface area contributed by atoms with E-state index in [4.69, 9.17) is 4.74 Å². The molecule has 7 nitrogen and oxygen atoms in total. The molecule has 0 saturated carbocycles. The van der Waals surface area contributed by atoms with Gasteiger partial charge in [-0.1, -0.05) is 18.2 Å². The van der Waals surface area contributed by atoms with Crippen molar-refractivity contribution in [2.75, 3.05) is 12.4 Å². The summed E-state index contributed by atoms with van der Waals surface area (Å²) in [6.45, 7) is 5.59. The molecule has 8 heteroatoms. The second kappa shape index (κ2) is 7.19. The molecule has 0 unspecified atom stereocenters. The molecule has 0 radical (unpaired) electrons. The Morgan fingerprint density at radius 2 is 2.00 bits per heavy atom. The van der Waals surface area contributed by atoms with Crippen molar-refractivity contribution >= 4 is 29.5 Å². The van der Waals surface area contributed by atoms with Gasteiger partial charge in [-0.2, -0.15) is 0 Å². The van der Waals surface area contributed by atoms with Gasteiger partial charge >= 0.3 is 0 Å². The fraction of sp³-hybridized carbons (Fsp3) is 0.500. The zero-order chi connectivity index (χ0) is 18.9. The largest absolute Gasteiger partial charge is 0.483 e. The molecule has 0 bridgehead atoms. The van der Waals surface area contributed by atoms with Crippen LogP contribution >= 0.6 is 11.8 Å². The van der Waals surface area contributed by atoms with Crippen molar-refractivity contribution in [1.29, 1.82) is 0 Å². The minimum atomic E-state index is -0.556. The first-order valence-corrected chi connectivity index (χ1v) is 9.54. The molecule has 0 aliphatic carbocycles. The third-order valence-electron chi connectivity index (χ3n) is 4.83. The van der Waals surface area contributed by atoms with Crippen LogP contribution in [-0.2, 0) is 14.4 Å². The Kier molecular flexibility index (Phi) is 5.13. The van der Waals surface area contributed by atoms with Gasteiger partial charge in [0.15, 0.2) is 6.61 Å². The highest BCUT2D eigenvalue weighted by Gasteiger charge is 2.52. The van der Waals surface area contributed by atoms with Gasteiger partial charge in [-0.15, -0.1) is 11.8 Å². The Morgan fingerprint density at radius 1 is 1.31 bits per heavy atom. The zero-order valence-corrected chi connectivity index (χ0v) is 15.9. The number of nitrogens with one attached hydrogen (secondary N) is 2. The number of para-hydroxylation sites is 1. The summed E-state index contributed by atoms with van der Waals surface area (Å²) in [5.74, 6) is 0.351.